The van der Waals surface area contributed by atoms with Crippen molar-refractivity contribution in [3.05, 3.63) is 129 Å². The van der Waals surface area contributed by atoms with Crippen LogP contribution in [0.25, 0.3) is 34.4 Å². The second-order valence-electron chi connectivity index (χ2n) is 17.9. The molecule has 0 spiro atoms. The Morgan fingerprint density at radius 1 is 0.647 bits per heavy atom. The molecule has 4 heteroatoms. The summed E-state index contributed by atoms with van der Waals surface area (Å²) >= 11 is -4.90. The Morgan fingerprint density at radius 3 is 1.51 bits per heavy atom. The molecule has 3 unspecified atom stereocenters. The van der Waals surface area contributed by atoms with Gasteiger partial charge in [0.05, 0.1) is 0 Å². The van der Waals surface area contributed by atoms with Crippen LogP contribution in [0.2, 0.25) is 13.1 Å². The van der Waals surface area contributed by atoms with E-state index in [4.69, 9.17) is 17.0 Å². The molecule has 0 amide bonds. The average Bonchev–Trinajstić information content (AvgIpc) is 3.68. The van der Waals surface area contributed by atoms with Gasteiger partial charge in [-0.3, -0.25) is 0 Å². The van der Waals surface area contributed by atoms with Crippen molar-refractivity contribution in [2.45, 2.75) is 113 Å². The number of benzene rings is 4. The molecule has 4 aromatic carbocycles. The molecule has 0 nitrogen and oxygen atoms in total. The minimum atomic E-state index is -4.90. The monoisotopic (exact) mass is 811 g/mol. The molecule has 0 saturated carbocycles. The topological polar surface area (TPSA) is 0 Å². The van der Waals surface area contributed by atoms with Crippen molar-refractivity contribution < 1.29 is 15.6 Å². The van der Waals surface area contributed by atoms with Crippen molar-refractivity contribution >= 4 is 35.1 Å². The molecule has 0 saturated heterocycles. The summed E-state index contributed by atoms with van der Waals surface area (Å²) in [4.78, 5) is 0. The van der Waals surface area contributed by atoms with E-state index >= 15 is 0 Å². The molecule has 3 atom stereocenters. The second kappa shape index (κ2) is 14.0. The summed E-state index contributed by atoms with van der Waals surface area (Å²) in [5.41, 5.74) is 16.4. The normalized spacial score (nSPS) is 18.9. The van der Waals surface area contributed by atoms with Crippen molar-refractivity contribution in [3.8, 4) is 22.3 Å². The fraction of sp³-hybridized carbons (Fsp3) is 0.404. The maximum absolute atomic E-state index is 8.80. The minimum absolute atomic E-state index is 0.0902. The molecule has 6 rings (SSSR count). The first-order valence-corrected chi connectivity index (χ1v) is 35.7. The van der Waals surface area contributed by atoms with E-state index in [0.29, 0.717) is 5.92 Å². The van der Waals surface area contributed by atoms with Crippen LogP contribution in [0.1, 0.15) is 122 Å². The standard InChI is InChI=1S/C24H29.C21H23.C2H7Si.2ClH.Zr/c1-6-8-17(2)20-15-19-9-7-10-22(23(19)16-20)18-11-13-21(14-12-18)24(3,4)5;1-5-15-13-17-7-6-8-19(20(17)14-15)16-9-11-18(12-10-16)21(2,3)4;1-3-2;;;/h7,9-17H,6,8H2,1-5H3;6-14H,5H2,1-4H3;3H,1-2H3;2*1H;/q;;;;;+2/p-2. The van der Waals surface area contributed by atoms with E-state index in [9.17, 15) is 0 Å². The third kappa shape index (κ3) is 6.73. The number of fused-ring (bicyclic) bond motifs is 2. The van der Waals surface area contributed by atoms with Gasteiger partial charge in [0, 0.05) is 0 Å². The van der Waals surface area contributed by atoms with Crippen LogP contribution in [0.4, 0.5) is 0 Å². The Kier molecular flexibility index (Phi) is 10.7. The molecule has 2 aliphatic carbocycles. The molecule has 0 bridgehead atoms. The first-order chi connectivity index (χ1) is 23.9. The Hall–Kier alpha value is -1.96. The third-order valence-electron chi connectivity index (χ3n) is 12.3. The predicted octanol–water partition coefficient (Wildman–Crippen LogP) is 15.0. The zero-order chi connectivity index (χ0) is 37.1. The molecule has 0 radical (unpaired) electrons. The quantitative estimate of drug-likeness (QED) is 0.148. The number of rotatable bonds is 9. The molecule has 0 N–H and O–H groups in total. The molecule has 0 aliphatic heterocycles. The number of allylic oxidation sites excluding steroid dienone is 2. The van der Waals surface area contributed by atoms with Crippen LogP contribution in [0.5, 0.6) is 0 Å². The summed E-state index contributed by atoms with van der Waals surface area (Å²) in [7, 11) is 17.6. The Morgan fingerprint density at radius 2 is 1.10 bits per heavy atom. The fourth-order valence-corrected chi connectivity index (χ4v) is 40.6. The summed E-state index contributed by atoms with van der Waals surface area (Å²) in [5, 5.41) is 0. The first kappa shape index (κ1) is 38.8. The first-order valence-electron chi connectivity index (χ1n) is 19.4. The molecule has 0 aromatic heterocycles. The summed E-state index contributed by atoms with van der Waals surface area (Å²) in [6, 6.07) is 32.4. The van der Waals surface area contributed by atoms with Gasteiger partial charge in [0.1, 0.15) is 0 Å². The van der Waals surface area contributed by atoms with Gasteiger partial charge in [-0.15, -0.1) is 0 Å². The van der Waals surface area contributed by atoms with E-state index in [0.717, 1.165) is 19.3 Å². The number of halogens is 2. The molecule has 4 aromatic rings. The van der Waals surface area contributed by atoms with E-state index in [1.807, 2.05) is 0 Å². The van der Waals surface area contributed by atoms with Crippen molar-refractivity contribution in [1.82, 2.24) is 0 Å². The third-order valence-corrected chi connectivity index (χ3v) is 64.0. The van der Waals surface area contributed by atoms with Crippen LogP contribution in [-0.2, 0) is 26.4 Å². The van der Waals surface area contributed by atoms with Crippen LogP contribution in [0.15, 0.2) is 96.1 Å². The molecule has 51 heavy (non-hydrogen) atoms. The van der Waals surface area contributed by atoms with E-state index in [1.165, 1.54) is 66.8 Å². The molecule has 269 valence electrons. The Balaban J connectivity index is 1.55. The van der Waals surface area contributed by atoms with Crippen molar-refractivity contribution in [2.24, 2.45) is 5.92 Å². The van der Waals surface area contributed by atoms with Crippen LogP contribution in [0.3, 0.4) is 0 Å². The van der Waals surface area contributed by atoms with Crippen LogP contribution in [-0.4, -0.2) is 5.92 Å². The van der Waals surface area contributed by atoms with E-state index in [1.54, 1.807) is 0 Å². The molecule has 0 heterocycles. The van der Waals surface area contributed by atoms with E-state index < -0.39 is 21.5 Å². The summed E-state index contributed by atoms with van der Waals surface area (Å²) in [6.07, 6.45) is 8.26. The zero-order valence-corrected chi connectivity index (χ0v) is 38.0. The van der Waals surface area contributed by atoms with E-state index in [-0.39, 0.29) is 18.1 Å². The number of hydrogen-bond donors (Lipinski definition) is 0. The molecular formula is C47H59Cl2SiZr. The van der Waals surface area contributed by atoms with Crippen LogP contribution >= 0.6 is 17.0 Å². The van der Waals surface area contributed by atoms with Crippen molar-refractivity contribution in [1.29, 1.82) is 0 Å². The molecule has 2 aliphatic rings. The number of hydrogen-bond acceptors (Lipinski definition) is 0. The Bertz CT molecular complexity index is 1980. The zero-order valence-electron chi connectivity index (χ0n) is 32.9. The summed E-state index contributed by atoms with van der Waals surface area (Å²) in [6.45, 7) is 25.7. The van der Waals surface area contributed by atoms with Crippen molar-refractivity contribution in [2.75, 3.05) is 0 Å². The van der Waals surface area contributed by atoms with Gasteiger partial charge in [0.25, 0.3) is 0 Å². The van der Waals surface area contributed by atoms with Gasteiger partial charge in [0.15, 0.2) is 0 Å². The second-order valence-corrected chi connectivity index (χ2v) is 60.4. The predicted molar refractivity (Wildman–Crippen MR) is 228 cm³/mol. The molecule has 0 fully saturated rings. The van der Waals surface area contributed by atoms with Gasteiger partial charge in [-0.25, -0.2) is 0 Å². The van der Waals surface area contributed by atoms with Gasteiger partial charge in [0.2, 0.25) is 0 Å². The summed E-state index contributed by atoms with van der Waals surface area (Å²) < 4.78 is 0.186. The van der Waals surface area contributed by atoms with Gasteiger partial charge < -0.3 is 0 Å². The van der Waals surface area contributed by atoms with Gasteiger partial charge in [-0.1, -0.05) is 0 Å². The van der Waals surface area contributed by atoms with Gasteiger partial charge >= 0.3 is 321 Å². The van der Waals surface area contributed by atoms with Crippen LogP contribution in [0, 0.1) is 5.92 Å². The van der Waals surface area contributed by atoms with Gasteiger partial charge in [-0.2, -0.15) is 0 Å². The molecular weight excluding hydrogens is 755 g/mol. The average molecular weight is 814 g/mol. The fourth-order valence-electron chi connectivity index (χ4n) is 9.13. The van der Waals surface area contributed by atoms with Crippen molar-refractivity contribution in [3.63, 3.8) is 0 Å². The van der Waals surface area contributed by atoms with Crippen LogP contribution < -0.4 is 0 Å². The Labute approximate surface area is 318 Å². The maximum atomic E-state index is 8.80. The SMILES string of the molecule is CCCC(C)C1=Cc2c(-c3ccc(C(C)(C)C)cc3)cccc2[CH]1[Zr]([Cl])([Cl])([CH]1C(CC)=Cc2c(-c3ccc(C(C)(C)C)cc3)cccc21)[SiH](C)C. The van der Waals surface area contributed by atoms with Gasteiger partial charge in [-0.05, 0) is 0 Å². The summed E-state index contributed by atoms with van der Waals surface area (Å²) in [5.74, 6) is -1.26. The van der Waals surface area contributed by atoms with E-state index in [2.05, 4.69) is 172 Å².